The van der Waals surface area contributed by atoms with E-state index in [1.54, 1.807) is 6.07 Å². The molecule has 2 aliphatic heterocycles. The van der Waals surface area contributed by atoms with Crippen molar-refractivity contribution in [3.63, 3.8) is 0 Å². The zero-order valence-electron chi connectivity index (χ0n) is 14.5. The first-order chi connectivity index (χ1) is 12.6. The Hall–Kier alpha value is -2.70. The number of nitrogens with one attached hydrogen (secondary N) is 1. The van der Waals surface area contributed by atoms with Gasteiger partial charge in [-0.3, -0.25) is 9.59 Å². The Bertz CT molecular complexity index is 855. The number of rotatable bonds is 3. The Kier molecular flexibility index (Phi) is 4.44. The Morgan fingerprint density at radius 2 is 1.85 bits per heavy atom. The Labute approximate surface area is 151 Å². The van der Waals surface area contributed by atoms with Crippen LogP contribution in [0.4, 0.5) is 10.1 Å². The summed E-state index contributed by atoms with van der Waals surface area (Å²) in [5, 5.41) is 2.68. The van der Waals surface area contributed by atoms with Gasteiger partial charge < -0.3 is 14.8 Å². The summed E-state index contributed by atoms with van der Waals surface area (Å²) < 4.78 is 15.2. The molecule has 1 aromatic carbocycles. The van der Waals surface area contributed by atoms with E-state index in [0.29, 0.717) is 17.9 Å². The average Bonchev–Trinajstić information content (AvgIpc) is 3.29. The van der Waals surface area contributed by atoms with E-state index >= 15 is 0 Å². The summed E-state index contributed by atoms with van der Waals surface area (Å²) in [6.07, 6.45) is 4.69. The number of halogens is 1. The molecule has 0 bridgehead atoms. The van der Waals surface area contributed by atoms with E-state index in [1.807, 2.05) is 9.47 Å². The second-order valence-corrected chi connectivity index (χ2v) is 6.80. The van der Waals surface area contributed by atoms with Crippen molar-refractivity contribution in [3.05, 3.63) is 47.3 Å². The van der Waals surface area contributed by atoms with Gasteiger partial charge in [-0.2, -0.15) is 0 Å². The van der Waals surface area contributed by atoms with Gasteiger partial charge in [0.1, 0.15) is 11.5 Å². The van der Waals surface area contributed by atoms with Crippen LogP contribution in [0.2, 0.25) is 0 Å². The van der Waals surface area contributed by atoms with E-state index in [-0.39, 0.29) is 11.7 Å². The lowest BCUT2D eigenvalue weighted by Gasteiger charge is -2.18. The highest BCUT2D eigenvalue weighted by molar-refractivity contribution is 6.03. The third-order valence-corrected chi connectivity index (χ3v) is 5.00. The first kappa shape index (κ1) is 16.8. The smallest absolute Gasteiger partial charge is 0.291 e. The van der Waals surface area contributed by atoms with Crippen LogP contribution in [0.3, 0.4) is 0 Å². The van der Waals surface area contributed by atoms with Gasteiger partial charge in [-0.15, -0.1) is 0 Å². The number of hydrogen-bond acceptors (Lipinski definition) is 3. The lowest BCUT2D eigenvalue weighted by molar-refractivity contribution is 0.0786. The first-order valence-corrected chi connectivity index (χ1v) is 9.09. The quantitative estimate of drug-likeness (QED) is 0.920. The van der Waals surface area contributed by atoms with Crippen LogP contribution in [0.5, 0.6) is 0 Å². The fourth-order valence-electron chi connectivity index (χ4n) is 3.71. The predicted octanol–water partition coefficient (Wildman–Crippen LogP) is 2.85. The molecular weight excluding hydrogens is 335 g/mol. The van der Waals surface area contributed by atoms with Crippen LogP contribution < -0.4 is 5.32 Å². The fraction of sp³-hybridized carbons (Fsp3) is 0.421. The number of aromatic nitrogens is 2. The summed E-state index contributed by atoms with van der Waals surface area (Å²) in [5.41, 5.74) is 1.61. The molecule has 0 saturated carbocycles. The van der Waals surface area contributed by atoms with E-state index < -0.39 is 11.7 Å². The number of hydrogen-bond donors (Lipinski definition) is 1. The Balaban J connectivity index is 1.65. The van der Waals surface area contributed by atoms with Crippen molar-refractivity contribution in [1.29, 1.82) is 0 Å². The van der Waals surface area contributed by atoms with Crippen molar-refractivity contribution in [2.24, 2.45) is 0 Å². The Morgan fingerprint density at radius 1 is 1.08 bits per heavy atom. The molecule has 0 spiro atoms. The molecule has 0 unspecified atom stereocenters. The van der Waals surface area contributed by atoms with Gasteiger partial charge >= 0.3 is 0 Å². The molecule has 4 rings (SSSR count). The molecule has 2 amide bonds. The van der Waals surface area contributed by atoms with Crippen LogP contribution in [0.15, 0.2) is 24.3 Å². The maximum absolute atomic E-state index is 13.4. The molecule has 7 heteroatoms. The van der Waals surface area contributed by atoms with Crippen molar-refractivity contribution >= 4 is 17.5 Å². The Morgan fingerprint density at radius 3 is 2.62 bits per heavy atom. The van der Waals surface area contributed by atoms with Gasteiger partial charge in [0.2, 0.25) is 0 Å². The monoisotopic (exact) mass is 356 g/mol. The van der Waals surface area contributed by atoms with Crippen molar-refractivity contribution in [2.45, 2.75) is 38.6 Å². The molecule has 1 saturated heterocycles. The molecule has 1 N–H and O–H groups in total. The summed E-state index contributed by atoms with van der Waals surface area (Å²) in [5.74, 6) is -0.693. The molecule has 26 heavy (non-hydrogen) atoms. The molecule has 0 radical (unpaired) electrons. The maximum Gasteiger partial charge on any atom is 0.291 e. The normalized spacial score (nSPS) is 16.4. The van der Waals surface area contributed by atoms with Gasteiger partial charge in [-0.05, 0) is 50.3 Å². The summed E-state index contributed by atoms with van der Waals surface area (Å²) in [6, 6.07) is 5.74. The van der Waals surface area contributed by atoms with Crippen molar-refractivity contribution < 1.29 is 14.0 Å². The van der Waals surface area contributed by atoms with Gasteiger partial charge in [0.25, 0.3) is 11.8 Å². The summed E-state index contributed by atoms with van der Waals surface area (Å²) in [4.78, 5) is 31.8. The van der Waals surface area contributed by atoms with E-state index in [2.05, 4.69) is 10.3 Å². The molecule has 136 valence electrons. The molecule has 1 fully saturated rings. The maximum atomic E-state index is 13.4. The predicted molar refractivity (Wildman–Crippen MR) is 94.7 cm³/mol. The van der Waals surface area contributed by atoms with E-state index in [0.717, 1.165) is 50.9 Å². The van der Waals surface area contributed by atoms with E-state index in [4.69, 9.17) is 0 Å². The zero-order chi connectivity index (χ0) is 18.1. The first-order valence-electron chi connectivity index (χ1n) is 9.09. The zero-order valence-corrected chi connectivity index (χ0v) is 14.5. The average molecular weight is 356 g/mol. The number of likely N-dealkylation sites (tertiary alicyclic amines) is 1. The second-order valence-electron chi connectivity index (χ2n) is 6.80. The minimum absolute atomic E-state index is 0.0852. The van der Waals surface area contributed by atoms with Crippen LogP contribution in [0.25, 0.3) is 0 Å². The van der Waals surface area contributed by atoms with Crippen molar-refractivity contribution in [3.8, 4) is 0 Å². The molecular formula is C19H21FN4O2. The third kappa shape index (κ3) is 3.09. The molecule has 3 heterocycles. The van der Waals surface area contributed by atoms with E-state index in [1.165, 1.54) is 18.2 Å². The minimum atomic E-state index is -0.419. The van der Waals surface area contributed by atoms with Gasteiger partial charge in [0.05, 0.1) is 5.69 Å². The number of imidazole rings is 1. The number of benzene rings is 1. The molecule has 0 aliphatic carbocycles. The summed E-state index contributed by atoms with van der Waals surface area (Å²) in [6.45, 7) is 2.16. The number of nitrogens with zero attached hydrogens (tertiary/aromatic N) is 3. The van der Waals surface area contributed by atoms with Gasteiger partial charge in [0, 0.05) is 25.3 Å². The number of carbonyl (C=O) groups excluding carboxylic acids is 2. The van der Waals surface area contributed by atoms with Crippen LogP contribution in [0.1, 0.15) is 52.5 Å². The van der Waals surface area contributed by atoms with Gasteiger partial charge in [-0.1, -0.05) is 6.07 Å². The molecule has 1 aromatic heterocycles. The number of fused-ring (bicyclic) bond motifs is 1. The van der Waals surface area contributed by atoms with Crippen LogP contribution >= 0.6 is 0 Å². The van der Waals surface area contributed by atoms with Crippen molar-refractivity contribution in [1.82, 2.24) is 14.5 Å². The molecule has 2 aliphatic rings. The lowest BCUT2D eigenvalue weighted by Crippen LogP contribution is -2.29. The number of carbonyl (C=O) groups is 2. The summed E-state index contributed by atoms with van der Waals surface area (Å²) >= 11 is 0. The lowest BCUT2D eigenvalue weighted by atomic mass is 10.1. The van der Waals surface area contributed by atoms with Crippen molar-refractivity contribution in [2.75, 3.05) is 18.4 Å². The van der Waals surface area contributed by atoms with Crippen LogP contribution in [-0.4, -0.2) is 39.4 Å². The molecule has 0 atom stereocenters. The SMILES string of the molecule is O=C(Nc1cccc(F)c1)c1nc(C(=O)N2CCCC2)c2n1CCCC2. The fourth-order valence-corrected chi connectivity index (χ4v) is 3.71. The third-order valence-electron chi connectivity index (χ3n) is 5.00. The van der Waals surface area contributed by atoms with Gasteiger partial charge in [-0.25, -0.2) is 9.37 Å². The van der Waals surface area contributed by atoms with Crippen LogP contribution in [-0.2, 0) is 13.0 Å². The second kappa shape index (κ2) is 6.90. The topological polar surface area (TPSA) is 67.2 Å². The minimum Gasteiger partial charge on any atom is -0.337 e. The van der Waals surface area contributed by atoms with Gasteiger partial charge in [0.15, 0.2) is 5.82 Å². The molecule has 6 nitrogen and oxygen atoms in total. The number of anilines is 1. The van der Waals surface area contributed by atoms with E-state index in [9.17, 15) is 14.0 Å². The summed E-state index contributed by atoms with van der Waals surface area (Å²) in [7, 11) is 0. The van der Waals surface area contributed by atoms with Crippen LogP contribution in [0, 0.1) is 5.82 Å². The highest BCUT2D eigenvalue weighted by atomic mass is 19.1. The molecule has 2 aromatic rings. The number of amides is 2. The highest BCUT2D eigenvalue weighted by Gasteiger charge is 2.30. The standard InChI is InChI=1S/C19H21FN4O2/c20-13-6-5-7-14(12-13)21-18(25)17-22-16(15-8-1-2-11-24(15)17)19(26)23-9-3-4-10-23/h5-7,12H,1-4,8-11H2,(H,21,25). The largest absolute Gasteiger partial charge is 0.337 e. The highest BCUT2D eigenvalue weighted by Crippen LogP contribution is 2.24.